The smallest absolute Gasteiger partial charge is 0.128 e. The van der Waals surface area contributed by atoms with Gasteiger partial charge in [0.05, 0.1) is 24.2 Å². The predicted molar refractivity (Wildman–Crippen MR) is 85.1 cm³/mol. The van der Waals surface area contributed by atoms with Gasteiger partial charge in [-0.2, -0.15) is 0 Å². The molecular weight excluding hydrogens is 276 g/mol. The Morgan fingerprint density at radius 2 is 1.68 bits per heavy atom. The summed E-state index contributed by atoms with van der Waals surface area (Å²) in [5.41, 5.74) is 10.0. The summed E-state index contributed by atoms with van der Waals surface area (Å²) in [6.45, 7) is 0.365. The normalized spacial score (nSPS) is 10.5. The van der Waals surface area contributed by atoms with Crippen molar-refractivity contribution in [2.75, 3.05) is 7.11 Å². The summed E-state index contributed by atoms with van der Waals surface area (Å²) in [7, 11) is 1.65. The lowest BCUT2D eigenvalue weighted by atomic mass is 10.1. The van der Waals surface area contributed by atoms with E-state index in [2.05, 4.69) is 15.0 Å². The van der Waals surface area contributed by atoms with Gasteiger partial charge in [-0.25, -0.2) is 9.97 Å². The molecule has 0 saturated heterocycles. The Balaban J connectivity index is 2.10. The molecule has 0 unspecified atom stereocenters. The van der Waals surface area contributed by atoms with Crippen molar-refractivity contribution in [2.24, 2.45) is 5.73 Å². The molecular formula is C17H16N4O. The number of aromatic nitrogens is 3. The molecule has 0 saturated carbocycles. The average molecular weight is 292 g/mol. The number of para-hydroxylation sites is 1. The van der Waals surface area contributed by atoms with Crippen molar-refractivity contribution in [3.05, 3.63) is 60.7 Å². The van der Waals surface area contributed by atoms with Gasteiger partial charge in [0.15, 0.2) is 0 Å². The molecule has 0 fully saturated rings. The fraction of sp³-hybridized carbons (Fsp3) is 0.118. The maximum absolute atomic E-state index is 5.76. The van der Waals surface area contributed by atoms with Gasteiger partial charge >= 0.3 is 0 Å². The Labute approximate surface area is 128 Å². The van der Waals surface area contributed by atoms with Crippen LogP contribution in [0.4, 0.5) is 0 Å². The molecule has 0 spiro atoms. The van der Waals surface area contributed by atoms with E-state index < -0.39 is 0 Å². The summed E-state index contributed by atoms with van der Waals surface area (Å²) in [6.07, 6.45) is 3.28. The highest BCUT2D eigenvalue weighted by Crippen LogP contribution is 2.30. The topological polar surface area (TPSA) is 73.9 Å². The average Bonchev–Trinajstić information content (AvgIpc) is 2.61. The Morgan fingerprint density at radius 1 is 0.955 bits per heavy atom. The molecule has 3 aromatic rings. The molecule has 2 heterocycles. The van der Waals surface area contributed by atoms with Crippen LogP contribution in [0.2, 0.25) is 0 Å². The van der Waals surface area contributed by atoms with E-state index in [0.717, 1.165) is 34.0 Å². The highest BCUT2D eigenvalue weighted by atomic mass is 16.5. The SMILES string of the molecule is COc1ccccc1-c1cc(-c2cccnc2CN)ncn1. The molecule has 0 aliphatic rings. The van der Waals surface area contributed by atoms with Crippen LogP contribution in [-0.4, -0.2) is 22.1 Å². The Kier molecular flexibility index (Phi) is 4.07. The molecule has 3 rings (SSSR count). The van der Waals surface area contributed by atoms with Crippen LogP contribution < -0.4 is 10.5 Å². The van der Waals surface area contributed by atoms with Crippen molar-refractivity contribution in [2.45, 2.75) is 6.54 Å². The molecule has 5 heteroatoms. The van der Waals surface area contributed by atoms with Crippen molar-refractivity contribution >= 4 is 0 Å². The van der Waals surface area contributed by atoms with Crippen molar-refractivity contribution in [3.8, 4) is 28.3 Å². The van der Waals surface area contributed by atoms with Crippen LogP contribution >= 0.6 is 0 Å². The lowest BCUT2D eigenvalue weighted by molar-refractivity contribution is 0.416. The fourth-order valence-electron chi connectivity index (χ4n) is 2.34. The van der Waals surface area contributed by atoms with Crippen LogP contribution in [0.15, 0.2) is 55.0 Å². The number of nitrogens with zero attached hydrogens (tertiary/aromatic N) is 3. The minimum absolute atomic E-state index is 0.365. The predicted octanol–water partition coefficient (Wildman–Crippen LogP) is 2.67. The molecule has 0 radical (unpaired) electrons. The van der Waals surface area contributed by atoms with E-state index in [4.69, 9.17) is 10.5 Å². The molecule has 0 aliphatic carbocycles. The van der Waals surface area contributed by atoms with E-state index in [0.29, 0.717) is 6.54 Å². The van der Waals surface area contributed by atoms with E-state index in [1.54, 1.807) is 19.6 Å². The van der Waals surface area contributed by atoms with E-state index in [9.17, 15) is 0 Å². The number of benzene rings is 1. The Bertz CT molecular complexity index is 726. The van der Waals surface area contributed by atoms with Crippen LogP contribution in [0.5, 0.6) is 5.75 Å². The van der Waals surface area contributed by atoms with Crippen LogP contribution in [0.1, 0.15) is 5.69 Å². The quantitative estimate of drug-likeness (QED) is 0.800. The third-order valence-electron chi connectivity index (χ3n) is 3.41. The summed E-state index contributed by atoms with van der Waals surface area (Å²) < 4.78 is 5.40. The second kappa shape index (κ2) is 6.32. The van der Waals surface area contributed by atoms with Gasteiger partial charge in [0, 0.05) is 23.9 Å². The maximum atomic E-state index is 5.76. The van der Waals surface area contributed by atoms with E-state index >= 15 is 0 Å². The van der Waals surface area contributed by atoms with Gasteiger partial charge in [-0.05, 0) is 30.3 Å². The third-order valence-corrected chi connectivity index (χ3v) is 3.41. The van der Waals surface area contributed by atoms with Gasteiger partial charge in [0.2, 0.25) is 0 Å². The Hall–Kier alpha value is -2.79. The molecule has 1 aromatic carbocycles. The number of hydrogen-bond donors (Lipinski definition) is 1. The number of hydrogen-bond acceptors (Lipinski definition) is 5. The molecule has 22 heavy (non-hydrogen) atoms. The molecule has 0 bridgehead atoms. The third kappa shape index (κ3) is 2.66. The first kappa shape index (κ1) is 14.2. The van der Waals surface area contributed by atoms with Crippen LogP contribution in [-0.2, 0) is 6.54 Å². The molecule has 5 nitrogen and oxygen atoms in total. The zero-order valence-corrected chi connectivity index (χ0v) is 12.2. The van der Waals surface area contributed by atoms with E-state index in [1.807, 2.05) is 42.5 Å². The van der Waals surface area contributed by atoms with Crippen LogP contribution in [0.3, 0.4) is 0 Å². The van der Waals surface area contributed by atoms with Crippen LogP contribution in [0.25, 0.3) is 22.5 Å². The number of rotatable bonds is 4. The number of methoxy groups -OCH3 is 1. The molecule has 0 atom stereocenters. The van der Waals surface area contributed by atoms with Crippen molar-refractivity contribution < 1.29 is 4.74 Å². The molecule has 2 aromatic heterocycles. The largest absolute Gasteiger partial charge is 0.496 e. The first-order valence-corrected chi connectivity index (χ1v) is 6.93. The number of nitrogens with two attached hydrogens (primary N) is 1. The molecule has 0 aliphatic heterocycles. The second-order valence-corrected chi connectivity index (χ2v) is 4.69. The molecule has 2 N–H and O–H groups in total. The van der Waals surface area contributed by atoms with E-state index in [1.165, 1.54) is 0 Å². The van der Waals surface area contributed by atoms with Crippen LogP contribution in [0, 0.1) is 0 Å². The lowest BCUT2D eigenvalue weighted by Crippen LogP contribution is -2.02. The summed E-state index contributed by atoms with van der Waals surface area (Å²) in [6, 6.07) is 13.5. The highest BCUT2D eigenvalue weighted by Gasteiger charge is 2.11. The van der Waals surface area contributed by atoms with Crippen molar-refractivity contribution in [1.29, 1.82) is 0 Å². The standard InChI is InChI=1S/C17H16N4O/c1-22-17-7-3-2-5-13(17)15-9-14(20-11-21-15)12-6-4-8-19-16(12)10-18/h2-9,11H,10,18H2,1H3. The fourth-order valence-corrected chi connectivity index (χ4v) is 2.34. The zero-order chi connectivity index (χ0) is 15.4. The van der Waals surface area contributed by atoms with Gasteiger partial charge < -0.3 is 10.5 Å². The highest BCUT2D eigenvalue weighted by molar-refractivity contribution is 5.72. The molecule has 110 valence electrons. The zero-order valence-electron chi connectivity index (χ0n) is 12.2. The minimum Gasteiger partial charge on any atom is -0.496 e. The summed E-state index contributed by atoms with van der Waals surface area (Å²) in [5, 5.41) is 0. The van der Waals surface area contributed by atoms with E-state index in [-0.39, 0.29) is 0 Å². The Morgan fingerprint density at radius 3 is 2.45 bits per heavy atom. The minimum atomic E-state index is 0.365. The lowest BCUT2D eigenvalue weighted by Gasteiger charge is -2.10. The number of pyridine rings is 1. The second-order valence-electron chi connectivity index (χ2n) is 4.69. The number of ether oxygens (including phenoxy) is 1. The summed E-state index contributed by atoms with van der Waals surface area (Å²) in [5.74, 6) is 0.775. The van der Waals surface area contributed by atoms with Gasteiger partial charge in [-0.3, -0.25) is 4.98 Å². The summed E-state index contributed by atoms with van der Waals surface area (Å²) >= 11 is 0. The summed E-state index contributed by atoms with van der Waals surface area (Å²) in [4.78, 5) is 13.0. The first-order valence-electron chi connectivity index (χ1n) is 6.93. The maximum Gasteiger partial charge on any atom is 0.128 e. The van der Waals surface area contributed by atoms with Gasteiger partial charge in [0.25, 0.3) is 0 Å². The van der Waals surface area contributed by atoms with Gasteiger partial charge in [-0.15, -0.1) is 0 Å². The van der Waals surface area contributed by atoms with Gasteiger partial charge in [0.1, 0.15) is 12.1 Å². The van der Waals surface area contributed by atoms with Crippen molar-refractivity contribution in [3.63, 3.8) is 0 Å². The monoisotopic (exact) mass is 292 g/mol. The first-order chi connectivity index (χ1) is 10.8. The van der Waals surface area contributed by atoms with Crippen molar-refractivity contribution in [1.82, 2.24) is 15.0 Å². The van der Waals surface area contributed by atoms with Gasteiger partial charge in [-0.1, -0.05) is 12.1 Å². The molecule has 0 amide bonds.